The number of rotatable bonds is 5. The number of carbonyl (C=O) groups excluding carboxylic acids is 1. The Bertz CT molecular complexity index is 1010. The largest absolute Gasteiger partial charge is 0.478 e. The van der Waals surface area contributed by atoms with E-state index in [9.17, 15) is 18.4 Å². The van der Waals surface area contributed by atoms with Crippen molar-refractivity contribution in [2.45, 2.75) is 6.42 Å². The first-order valence-corrected chi connectivity index (χ1v) is 8.34. The van der Waals surface area contributed by atoms with E-state index in [-0.39, 0.29) is 12.0 Å². The van der Waals surface area contributed by atoms with E-state index < -0.39 is 29.0 Å². The topological polar surface area (TPSA) is 54.4 Å². The number of carboxylic acid groups (broad SMARTS) is 1. The van der Waals surface area contributed by atoms with Gasteiger partial charge >= 0.3 is 5.97 Å². The van der Waals surface area contributed by atoms with Crippen LogP contribution in [0.15, 0.2) is 60.7 Å². The maximum atomic E-state index is 13.7. The van der Waals surface area contributed by atoms with Crippen molar-refractivity contribution in [3.05, 3.63) is 94.0 Å². The molecule has 0 aromatic heterocycles. The summed E-state index contributed by atoms with van der Waals surface area (Å²) in [6.45, 7) is 0. The van der Waals surface area contributed by atoms with Gasteiger partial charge in [-0.2, -0.15) is 0 Å². The van der Waals surface area contributed by atoms with Crippen molar-refractivity contribution in [1.82, 2.24) is 0 Å². The number of benzene rings is 3. The number of halogens is 3. The number of ketones is 1. The van der Waals surface area contributed by atoms with Crippen LogP contribution in [0.4, 0.5) is 8.78 Å². The normalized spacial score (nSPS) is 10.6. The van der Waals surface area contributed by atoms with Gasteiger partial charge in [0, 0.05) is 17.0 Å². The molecule has 3 nitrogen and oxygen atoms in total. The first-order valence-electron chi connectivity index (χ1n) is 7.96. The van der Waals surface area contributed by atoms with Gasteiger partial charge in [0.25, 0.3) is 0 Å². The summed E-state index contributed by atoms with van der Waals surface area (Å²) in [6, 6.07) is 14.3. The zero-order chi connectivity index (χ0) is 19.6. The molecule has 0 saturated carbocycles. The van der Waals surface area contributed by atoms with E-state index >= 15 is 0 Å². The highest BCUT2D eigenvalue weighted by Crippen LogP contribution is 2.29. The van der Waals surface area contributed by atoms with E-state index in [4.69, 9.17) is 16.7 Å². The molecule has 0 heterocycles. The molecule has 1 N–H and O–H groups in total. The van der Waals surface area contributed by atoms with Gasteiger partial charge in [0.2, 0.25) is 0 Å². The first kappa shape index (κ1) is 18.7. The number of hydrogen-bond donors (Lipinski definition) is 1. The minimum Gasteiger partial charge on any atom is -0.478 e. The fourth-order valence-electron chi connectivity index (χ4n) is 2.72. The Morgan fingerprint density at radius 2 is 1.56 bits per heavy atom. The molecule has 0 unspecified atom stereocenters. The molecule has 0 saturated heterocycles. The van der Waals surface area contributed by atoms with Crippen LogP contribution in [-0.4, -0.2) is 16.9 Å². The standard InChI is InChI=1S/C21H13ClF2O3/c22-16-9-8-14(21(26)27)11-15(16)13-6-4-12(5-7-13)10-19(25)20-17(23)2-1-3-18(20)24/h1-9,11H,10H2,(H,26,27). The number of hydrogen-bond acceptors (Lipinski definition) is 2. The summed E-state index contributed by atoms with van der Waals surface area (Å²) in [5.41, 5.74) is 1.31. The van der Waals surface area contributed by atoms with E-state index in [1.54, 1.807) is 24.3 Å². The predicted molar refractivity (Wildman–Crippen MR) is 98.2 cm³/mol. The molecular formula is C21H13ClF2O3. The molecule has 0 bridgehead atoms. The Morgan fingerprint density at radius 3 is 2.15 bits per heavy atom. The van der Waals surface area contributed by atoms with Gasteiger partial charge in [0.1, 0.15) is 11.6 Å². The monoisotopic (exact) mass is 386 g/mol. The molecule has 3 aromatic carbocycles. The Morgan fingerprint density at radius 1 is 0.926 bits per heavy atom. The zero-order valence-corrected chi connectivity index (χ0v) is 14.6. The summed E-state index contributed by atoms with van der Waals surface area (Å²) in [6.07, 6.45) is -0.166. The second kappa shape index (κ2) is 7.68. The van der Waals surface area contributed by atoms with Gasteiger partial charge < -0.3 is 5.11 Å². The van der Waals surface area contributed by atoms with Crippen LogP contribution in [0.1, 0.15) is 26.3 Å². The molecule has 27 heavy (non-hydrogen) atoms. The van der Waals surface area contributed by atoms with Gasteiger partial charge in [0.05, 0.1) is 11.1 Å². The van der Waals surface area contributed by atoms with Crippen LogP contribution in [0.5, 0.6) is 0 Å². The summed E-state index contributed by atoms with van der Waals surface area (Å²) < 4.78 is 27.4. The minimum absolute atomic E-state index is 0.101. The van der Waals surface area contributed by atoms with Crippen molar-refractivity contribution in [2.24, 2.45) is 0 Å². The number of carboxylic acids is 1. The van der Waals surface area contributed by atoms with Gasteiger partial charge in [-0.15, -0.1) is 0 Å². The smallest absolute Gasteiger partial charge is 0.335 e. The van der Waals surface area contributed by atoms with Crippen molar-refractivity contribution in [3.63, 3.8) is 0 Å². The summed E-state index contributed by atoms with van der Waals surface area (Å²) in [7, 11) is 0. The molecule has 0 aliphatic rings. The highest BCUT2D eigenvalue weighted by molar-refractivity contribution is 6.33. The molecule has 3 aromatic rings. The molecule has 0 aliphatic carbocycles. The molecule has 0 amide bonds. The lowest BCUT2D eigenvalue weighted by Crippen LogP contribution is -2.09. The molecule has 0 atom stereocenters. The van der Waals surface area contributed by atoms with Crippen LogP contribution >= 0.6 is 11.6 Å². The quantitative estimate of drug-likeness (QED) is 0.596. The van der Waals surface area contributed by atoms with Crippen LogP contribution in [0.3, 0.4) is 0 Å². The third kappa shape index (κ3) is 4.04. The van der Waals surface area contributed by atoms with Crippen LogP contribution < -0.4 is 0 Å². The maximum absolute atomic E-state index is 13.7. The molecule has 0 spiro atoms. The molecule has 0 fully saturated rings. The number of aromatic carboxylic acids is 1. The highest BCUT2D eigenvalue weighted by atomic mass is 35.5. The van der Waals surface area contributed by atoms with Crippen molar-refractivity contribution >= 4 is 23.4 Å². The van der Waals surface area contributed by atoms with Crippen LogP contribution in [0.2, 0.25) is 5.02 Å². The Hall–Kier alpha value is -3.05. The van der Waals surface area contributed by atoms with E-state index in [2.05, 4.69) is 0 Å². The second-order valence-corrected chi connectivity index (χ2v) is 6.30. The van der Waals surface area contributed by atoms with Gasteiger partial charge in [0.15, 0.2) is 5.78 Å². The lowest BCUT2D eigenvalue weighted by molar-refractivity contribution is 0.0696. The van der Waals surface area contributed by atoms with E-state index in [0.29, 0.717) is 21.7 Å². The van der Waals surface area contributed by atoms with E-state index in [1.807, 2.05) is 0 Å². The lowest BCUT2D eigenvalue weighted by Gasteiger charge is -2.08. The van der Waals surface area contributed by atoms with Crippen molar-refractivity contribution in [3.8, 4) is 11.1 Å². The molecule has 3 rings (SSSR count). The van der Waals surface area contributed by atoms with Gasteiger partial charge in [-0.3, -0.25) is 4.79 Å². The van der Waals surface area contributed by atoms with Crippen molar-refractivity contribution in [2.75, 3.05) is 0 Å². The summed E-state index contributed by atoms with van der Waals surface area (Å²) >= 11 is 6.14. The minimum atomic E-state index is -1.07. The van der Waals surface area contributed by atoms with E-state index in [0.717, 1.165) is 12.1 Å². The molecule has 6 heteroatoms. The van der Waals surface area contributed by atoms with Crippen LogP contribution in [0, 0.1) is 11.6 Å². The second-order valence-electron chi connectivity index (χ2n) is 5.89. The summed E-state index contributed by atoms with van der Waals surface area (Å²) in [5, 5.41) is 9.49. The molecule has 136 valence electrons. The molecule has 0 aliphatic heterocycles. The Balaban J connectivity index is 1.85. The van der Waals surface area contributed by atoms with Crippen LogP contribution in [-0.2, 0) is 6.42 Å². The average molecular weight is 387 g/mol. The van der Waals surface area contributed by atoms with Gasteiger partial charge in [-0.05, 0) is 41.5 Å². The third-order valence-electron chi connectivity index (χ3n) is 4.08. The maximum Gasteiger partial charge on any atom is 0.335 e. The Labute approximate surface area is 158 Å². The number of Topliss-reactive ketones (excluding diaryl/α,β-unsaturated/α-hetero) is 1. The molecular weight excluding hydrogens is 374 g/mol. The van der Waals surface area contributed by atoms with Crippen LogP contribution in [0.25, 0.3) is 11.1 Å². The molecule has 0 radical (unpaired) electrons. The van der Waals surface area contributed by atoms with E-state index in [1.165, 1.54) is 24.3 Å². The predicted octanol–water partition coefficient (Wildman–Crippen LogP) is 5.41. The van der Waals surface area contributed by atoms with Crippen molar-refractivity contribution in [1.29, 1.82) is 0 Å². The summed E-state index contributed by atoms with van der Waals surface area (Å²) in [5.74, 6) is -3.52. The highest BCUT2D eigenvalue weighted by Gasteiger charge is 2.17. The lowest BCUT2D eigenvalue weighted by atomic mass is 9.98. The SMILES string of the molecule is O=C(O)c1ccc(Cl)c(-c2ccc(CC(=O)c3c(F)cccc3F)cc2)c1. The van der Waals surface area contributed by atoms with Gasteiger partial charge in [-0.25, -0.2) is 13.6 Å². The first-order chi connectivity index (χ1) is 12.9. The Kier molecular flexibility index (Phi) is 5.33. The third-order valence-corrected chi connectivity index (χ3v) is 4.41. The zero-order valence-electron chi connectivity index (χ0n) is 13.9. The fourth-order valence-corrected chi connectivity index (χ4v) is 2.95. The van der Waals surface area contributed by atoms with Crippen molar-refractivity contribution < 1.29 is 23.5 Å². The summed E-state index contributed by atoms with van der Waals surface area (Å²) in [4.78, 5) is 23.3. The number of carbonyl (C=O) groups is 2. The fraction of sp³-hybridized carbons (Fsp3) is 0.0476. The van der Waals surface area contributed by atoms with Gasteiger partial charge in [-0.1, -0.05) is 41.9 Å². The average Bonchev–Trinajstić information content (AvgIpc) is 2.62.